The highest BCUT2D eigenvalue weighted by Crippen LogP contribution is 2.40. The first-order valence-corrected chi connectivity index (χ1v) is 16.4. The van der Waals surface area contributed by atoms with Crippen LogP contribution in [0.4, 0.5) is 0 Å². The molecule has 2 fully saturated rings. The van der Waals surface area contributed by atoms with Crippen molar-refractivity contribution in [2.75, 3.05) is 0 Å². The van der Waals surface area contributed by atoms with E-state index in [-0.39, 0.29) is 24.1 Å². The lowest BCUT2D eigenvalue weighted by Gasteiger charge is -2.36. The van der Waals surface area contributed by atoms with Crippen LogP contribution in [0.5, 0.6) is 5.75 Å². The lowest BCUT2D eigenvalue weighted by atomic mass is 9.78. The third kappa shape index (κ3) is 7.19. The van der Waals surface area contributed by atoms with Gasteiger partial charge < -0.3 is 23.7 Å². The zero-order valence-corrected chi connectivity index (χ0v) is 28.5. The van der Waals surface area contributed by atoms with Crippen LogP contribution in [0.2, 0.25) is 0 Å². The van der Waals surface area contributed by atoms with Gasteiger partial charge in [-0.25, -0.2) is 0 Å². The minimum Gasteiger partial charge on any atom is -0.508 e. The first-order chi connectivity index (χ1) is 22.2. The van der Waals surface area contributed by atoms with Crippen molar-refractivity contribution >= 4 is 49.5 Å². The molecule has 7 heteroatoms. The third-order valence-corrected chi connectivity index (χ3v) is 10.1. The molecule has 5 nitrogen and oxygen atoms in total. The molecule has 1 N–H and O–H groups in total. The van der Waals surface area contributed by atoms with Crippen LogP contribution in [0.25, 0.3) is 24.3 Å². The highest BCUT2D eigenvalue weighted by atomic mass is 16.7. The van der Waals surface area contributed by atoms with E-state index in [9.17, 15) is 5.11 Å². The van der Waals surface area contributed by atoms with Crippen LogP contribution in [0.3, 0.4) is 0 Å². The zero-order valence-electron chi connectivity index (χ0n) is 28.5. The second-order valence-electron chi connectivity index (χ2n) is 14.4. The van der Waals surface area contributed by atoms with Crippen LogP contribution in [0.1, 0.15) is 76.3 Å². The Kier molecular flexibility index (Phi) is 8.88. The van der Waals surface area contributed by atoms with Crippen LogP contribution in [-0.2, 0) is 25.0 Å². The van der Waals surface area contributed by atoms with Gasteiger partial charge in [-0.2, -0.15) is 0 Å². The summed E-state index contributed by atoms with van der Waals surface area (Å²) in [4.78, 5) is 0. The number of hydrogen-bond acceptors (Lipinski definition) is 5. The average molecular weight is 626 g/mol. The highest BCUT2D eigenvalue weighted by Gasteiger charge is 2.54. The van der Waals surface area contributed by atoms with E-state index >= 15 is 0 Å². The van der Waals surface area contributed by atoms with Gasteiger partial charge in [-0.05, 0) is 99.3 Å². The van der Waals surface area contributed by atoms with E-state index in [1.165, 1.54) is 5.56 Å². The Morgan fingerprint density at radius 3 is 1.23 bits per heavy atom. The first kappa shape index (κ1) is 33.0. The third-order valence-electron chi connectivity index (χ3n) is 10.1. The molecule has 2 aliphatic heterocycles. The second-order valence-corrected chi connectivity index (χ2v) is 14.4. The number of phenols is 1. The summed E-state index contributed by atoms with van der Waals surface area (Å²) in [5, 5.41) is 9.49. The molecule has 4 aromatic rings. The molecule has 0 amide bonds. The Morgan fingerprint density at radius 1 is 0.468 bits per heavy atom. The van der Waals surface area contributed by atoms with E-state index in [2.05, 4.69) is 139 Å². The molecule has 0 aromatic heterocycles. The molecular weight excluding hydrogens is 582 g/mol. The summed E-state index contributed by atoms with van der Waals surface area (Å²) in [7, 11) is -0.795. The van der Waals surface area contributed by atoms with Crippen LogP contribution in [-0.4, -0.2) is 41.7 Å². The lowest BCUT2D eigenvalue weighted by molar-refractivity contribution is -0.00877. The van der Waals surface area contributed by atoms with Crippen molar-refractivity contribution < 1.29 is 23.7 Å². The molecule has 2 saturated heterocycles. The fourth-order valence-electron chi connectivity index (χ4n) is 5.80. The largest absolute Gasteiger partial charge is 0.508 e. The maximum atomic E-state index is 9.49. The Morgan fingerprint density at radius 2 is 0.809 bits per heavy atom. The molecule has 47 heavy (non-hydrogen) atoms. The summed E-state index contributed by atoms with van der Waals surface area (Å²) >= 11 is 0. The number of phenolic OH excluding ortho intramolecular Hbond substituents is 1. The molecule has 0 bridgehead atoms. The van der Waals surface area contributed by atoms with Crippen molar-refractivity contribution in [3.63, 3.8) is 0 Å². The van der Waals surface area contributed by atoms with E-state index in [1.807, 2.05) is 18.2 Å². The van der Waals surface area contributed by atoms with Crippen LogP contribution in [0, 0.1) is 0 Å². The molecule has 4 aromatic carbocycles. The summed E-state index contributed by atoms with van der Waals surface area (Å²) in [6.07, 6.45) is 9.07. The molecule has 2 aliphatic rings. The van der Waals surface area contributed by atoms with Crippen molar-refractivity contribution in [1.82, 2.24) is 0 Å². The fraction of sp³-hybridized carbons (Fsp3) is 0.300. The van der Waals surface area contributed by atoms with E-state index in [0.29, 0.717) is 0 Å². The first-order valence-electron chi connectivity index (χ1n) is 16.4. The van der Waals surface area contributed by atoms with Crippen LogP contribution >= 0.6 is 0 Å². The van der Waals surface area contributed by atoms with Crippen molar-refractivity contribution in [2.24, 2.45) is 0 Å². The molecule has 1 atom stereocenters. The van der Waals surface area contributed by atoms with Gasteiger partial charge in [0.25, 0.3) is 0 Å². The predicted molar refractivity (Wildman–Crippen MR) is 195 cm³/mol. The van der Waals surface area contributed by atoms with Gasteiger partial charge in [0.2, 0.25) is 0 Å². The summed E-state index contributed by atoms with van der Waals surface area (Å²) in [6.45, 7) is 14.6. The van der Waals surface area contributed by atoms with Crippen molar-refractivity contribution in [2.45, 2.75) is 77.3 Å². The summed E-state index contributed by atoms with van der Waals surface area (Å²) in [6, 6.07) is 32.4. The normalized spacial score (nSPS) is 21.7. The molecule has 0 spiro atoms. The smallest absolute Gasteiger partial charge is 0.494 e. The van der Waals surface area contributed by atoms with Crippen molar-refractivity contribution in [1.29, 1.82) is 0 Å². The maximum Gasteiger partial charge on any atom is 0.494 e. The number of aromatic hydroxyl groups is 1. The van der Waals surface area contributed by atoms with Crippen molar-refractivity contribution in [3.05, 3.63) is 125 Å². The molecule has 240 valence electrons. The standard InChI is InChI=1S/C40H44B2O5/c1-37(2)38(3,4)45-41(44-37)34-22-16-30(17-23-34)9-8-29-12-14-33(15-13-29)28-40(7)39(5,6)46-42(47-40)35-24-18-31(19-25-35)10-11-32-20-26-36(43)27-21-32/h8-27,43H,28H2,1-7H3. The van der Waals surface area contributed by atoms with E-state index in [0.717, 1.165) is 39.6 Å². The second kappa shape index (κ2) is 12.6. The predicted octanol–water partition coefficient (Wildman–Crippen LogP) is 7.55. The van der Waals surface area contributed by atoms with Crippen molar-refractivity contribution in [3.8, 4) is 5.75 Å². The zero-order chi connectivity index (χ0) is 33.5. The van der Waals surface area contributed by atoms with Gasteiger partial charge in [0.1, 0.15) is 5.75 Å². The molecule has 6 rings (SSSR count). The van der Waals surface area contributed by atoms with Gasteiger partial charge in [0, 0.05) is 6.42 Å². The summed E-state index contributed by atoms with van der Waals surface area (Å²) in [5.74, 6) is 0.265. The Bertz CT molecular complexity index is 1720. The Labute approximate surface area is 280 Å². The van der Waals surface area contributed by atoms with E-state index in [1.54, 1.807) is 12.1 Å². The van der Waals surface area contributed by atoms with E-state index in [4.69, 9.17) is 18.6 Å². The fourth-order valence-corrected chi connectivity index (χ4v) is 5.80. The molecule has 0 aliphatic carbocycles. The number of rotatable bonds is 8. The van der Waals surface area contributed by atoms with Gasteiger partial charge in [-0.1, -0.05) is 109 Å². The minimum absolute atomic E-state index is 0.265. The molecular formula is C40H44B2O5. The van der Waals surface area contributed by atoms with Gasteiger partial charge in [0.15, 0.2) is 0 Å². The molecule has 2 heterocycles. The molecule has 1 unspecified atom stereocenters. The minimum atomic E-state index is -0.509. The highest BCUT2D eigenvalue weighted by molar-refractivity contribution is 6.62. The SMILES string of the molecule is CC1(C)OB(c2ccc(C=Cc3ccc(CC4(C)OB(c5ccc(C=Cc6ccc(O)cc6)cc5)OC4(C)C)cc3)cc2)OC1(C)C. The number of hydrogen-bond donors (Lipinski definition) is 1. The molecule has 0 radical (unpaired) electrons. The van der Waals surface area contributed by atoms with Gasteiger partial charge in [-0.15, -0.1) is 0 Å². The Hall–Kier alpha value is -3.87. The number of benzene rings is 4. The Balaban J connectivity index is 1.06. The van der Waals surface area contributed by atoms with Gasteiger partial charge >= 0.3 is 14.2 Å². The van der Waals surface area contributed by atoms with Gasteiger partial charge in [-0.3, -0.25) is 0 Å². The lowest BCUT2D eigenvalue weighted by Crippen LogP contribution is -2.46. The summed E-state index contributed by atoms with van der Waals surface area (Å²) < 4.78 is 25.5. The maximum absolute atomic E-state index is 9.49. The van der Waals surface area contributed by atoms with E-state index < -0.39 is 18.3 Å². The monoisotopic (exact) mass is 626 g/mol. The molecule has 0 saturated carbocycles. The summed E-state index contributed by atoms with van der Waals surface area (Å²) in [5.41, 5.74) is 5.88. The quantitative estimate of drug-likeness (QED) is 0.162. The van der Waals surface area contributed by atoms with Crippen LogP contribution in [0.15, 0.2) is 97.1 Å². The topological polar surface area (TPSA) is 57.2 Å². The average Bonchev–Trinajstić information content (AvgIpc) is 3.41. The van der Waals surface area contributed by atoms with Gasteiger partial charge in [0.05, 0.1) is 22.4 Å². The van der Waals surface area contributed by atoms with Crippen LogP contribution < -0.4 is 10.9 Å².